The molecule has 0 aliphatic rings. The van der Waals surface area contributed by atoms with E-state index in [0.717, 1.165) is 16.9 Å². The lowest BCUT2D eigenvalue weighted by atomic mass is 10.2. The van der Waals surface area contributed by atoms with Crippen LogP contribution < -0.4 is 10.0 Å². The lowest BCUT2D eigenvalue weighted by Crippen LogP contribution is -2.16. The van der Waals surface area contributed by atoms with Crippen LogP contribution in [0.1, 0.15) is 21.6 Å². The van der Waals surface area contributed by atoms with Gasteiger partial charge in [0.1, 0.15) is 0 Å². The first-order valence-electron chi connectivity index (χ1n) is 9.94. The highest BCUT2D eigenvalue weighted by atomic mass is 32.2. The summed E-state index contributed by atoms with van der Waals surface area (Å²) in [6.45, 7) is 3.86. The molecule has 0 aliphatic carbocycles. The van der Waals surface area contributed by atoms with Gasteiger partial charge < -0.3 is 5.32 Å². The fourth-order valence-electron chi connectivity index (χ4n) is 3.20. The van der Waals surface area contributed by atoms with Gasteiger partial charge >= 0.3 is 0 Å². The maximum atomic E-state index is 12.8. The van der Waals surface area contributed by atoms with Gasteiger partial charge in [0.15, 0.2) is 0 Å². The van der Waals surface area contributed by atoms with Gasteiger partial charge in [0, 0.05) is 28.8 Å². The highest BCUT2D eigenvalue weighted by Crippen LogP contribution is 2.20. The molecule has 1 aromatic heterocycles. The van der Waals surface area contributed by atoms with Gasteiger partial charge in [-0.3, -0.25) is 9.52 Å². The molecule has 0 fully saturated rings. The van der Waals surface area contributed by atoms with E-state index in [1.54, 1.807) is 47.3 Å². The number of anilines is 2. The van der Waals surface area contributed by atoms with Crippen molar-refractivity contribution in [1.29, 1.82) is 0 Å². The zero-order valence-electron chi connectivity index (χ0n) is 17.6. The lowest BCUT2D eigenvalue weighted by molar-refractivity contribution is 0.102. The first kappa shape index (κ1) is 21.3. The highest BCUT2D eigenvalue weighted by Gasteiger charge is 2.17. The third-order valence-electron chi connectivity index (χ3n) is 4.89. The van der Waals surface area contributed by atoms with E-state index in [1.165, 1.54) is 12.1 Å². The summed E-state index contributed by atoms with van der Waals surface area (Å²) in [6.07, 6.45) is 1.71. The third kappa shape index (κ3) is 4.70. The van der Waals surface area contributed by atoms with Crippen LogP contribution in [0.3, 0.4) is 0 Å². The molecule has 7 nitrogen and oxygen atoms in total. The van der Waals surface area contributed by atoms with E-state index in [2.05, 4.69) is 15.1 Å². The van der Waals surface area contributed by atoms with E-state index in [0.29, 0.717) is 11.4 Å². The minimum absolute atomic E-state index is 0.00615. The van der Waals surface area contributed by atoms with Crippen LogP contribution in [0.2, 0.25) is 0 Å². The number of hydrogen-bond donors (Lipinski definition) is 2. The van der Waals surface area contributed by atoms with Crippen molar-refractivity contribution in [3.8, 4) is 5.69 Å². The van der Waals surface area contributed by atoms with Gasteiger partial charge in [0.05, 0.1) is 10.6 Å². The van der Waals surface area contributed by atoms with E-state index >= 15 is 0 Å². The van der Waals surface area contributed by atoms with Crippen molar-refractivity contribution < 1.29 is 13.2 Å². The first-order valence-corrected chi connectivity index (χ1v) is 11.4. The number of nitrogens with zero attached hydrogens (tertiary/aromatic N) is 2. The second-order valence-corrected chi connectivity index (χ2v) is 9.07. The van der Waals surface area contributed by atoms with E-state index < -0.39 is 15.9 Å². The number of sulfonamides is 1. The lowest BCUT2D eigenvalue weighted by Gasteiger charge is -2.11. The first-order chi connectivity index (χ1) is 15.3. The number of aromatic nitrogens is 2. The van der Waals surface area contributed by atoms with Crippen molar-refractivity contribution in [3.05, 3.63) is 102 Å². The standard InChI is InChI=1S/C24H22N4O3S/c1-17-9-11-20(12-10-17)27-32(30,31)23-8-3-5-19(15-23)24(29)26-21-6-4-7-22(16-21)28-18(2)13-14-25-28/h3-16,27H,1-2H3,(H,26,29). The molecule has 0 atom stereocenters. The predicted molar refractivity (Wildman–Crippen MR) is 125 cm³/mol. The van der Waals surface area contributed by atoms with Gasteiger partial charge in [-0.15, -0.1) is 0 Å². The van der Waals surface area contributed by atoms with Crippen LogP contribution in [0, 0.1) is 13.8 Å². The summed E-state index contributed by atoms with van der Waals surface area (Å²) in [7, 11) is -3.84. The molecule has 0 radical (unpaired) electrons. The Kier molecular flexibility index (Phi) is 5.79. The minimum Gasteiger partial charge on any atom is -0.322 e. The number of carbonyl (C=O) groups excluding carboxylic acids is 1. The SMILES string of the molecule is Cc1ccc(NS(=O)(=O)c2cccc(C(=O)Nc3cccc(-n4nccc4C)c3)c2)cc1. The van der Waals surface area contributed by atoms with Gasteiger partial charge in [-0.1, -0.05) is 29.8 Å². The molecular weight excluding hydrogens is 424 g/mol. The zero-order valence-corrected chi connectivity index (χ0v) is 18.4. The molecule has 4 aromatic rings. The van der Waals surface area contributed by atoms with Crippen LogP contribution in [-0.4, -0.2) is 24.1 Å². The molecule has 0 aliphatic heterocycles. The average Bonchev–Trinajstić information content (AvgIpc) is 3.21. The van der Waals surface area contributed by atoms with Gasteiger partial charge in [0.25, 0.3) is 15.9 Å². The number of benzene rings is 3. The Balaban J connectivity index is 1.54. The Bertz CT molecular complexity index is 1380. The van der Waals surface area contributed by atoms with Crippen LogP contribution in [-0.2, 0) is 10.0 Å². The van der Waals surface area contributed by atoms with Crippen molar-refractivity contribution in [2.24, 2.45) is 0 Å². The summed E-state index contributed by atoms with van der Waals surface area (Å²) in [6, 6.07) is 22.1. The monoisotopic (exact) mass is 446 g/mol. The topological polar surface area (TPSA) is 93.1 Å². The normalized spacial score (nSPS) is 11.2. The summed E-state index contributed by atoms with van der Waals surface area (Å²) < 4.78 is 29.9. The molecule has 2 N–H and O–H groups in total. The molecule has 0 spiro atoms. The Morgan fingerprint density at radius 3 is 2.34 bits per heavy atom. The molecule has 1 amide bonds. The number of carbonyl (C=O) groups is 1. The number of amides is 1. The van der Waals surface area contributed by atoms with Crippen molar-refractivity contribution >= 4 is 27.3 Å². The fraction of sp³-hybridized carbons (Fsp3) is 0.0833. The third-order valence-corrected chi connectivity index (χ3v) is 6.27. The summed E-state index contributed by atoms with van der Waals surface area (Å²) in [5.41, 5.74) is 4.07. The van der Waals surface area contributed by atoms with Crippen LogP contribution in [0.5, 0.6) is 0 Å². The zero-order chi connectivity index (χ0) is 22.7. The molecule has 1 heterocycles. The number of aryl methyl sites for hydroxylation is 2. The van der Waals surface area contributed by atoms with Crippen molar-refractivity contribution in [3.63, 3.8) is 0 Å². The maximum Gasteiger partial charge on any atom is 0.261 e. The molecular formula is C24H22N4O3S. The minimum atomic E-state index is -3.84. The molecule has 4 rings (SSSR count). The smallest absolute Gasteiger partial charge is 0.261 e. The van der Waals surface area contributed by atoms with E-state index in [9.17, 15) is 13.2 Å². The second kappa shape index (κ2) is 8.68. The summed E-state index contributed by atoms with van der Waals surface area (Å²) in [5.74, 6) is -0.410. The van der Waals surface area contributed by atoms with E-state index in [-0.39, 0.29) is 10.5 Å². The molecule has 0 bridgehead atoms. The van der Waals surface area contributed by atoms with Crippen molar-refractivity contribution in [2.45, 2.75) is 18.7 Å². The van der Waals surface area contributed by atoms with Crippen LogP contribution in [0.25, 0.3) is 5.69 Å². The Morgan fingerprint density at radius 2 is 1.62 bits per heavy atom. The molecule has 3 aromatic carbocycles. The Labute approximate surface area is 186 Å². The van der Waals surface area contributed by atoms with Crippen LogP contribution >= 0.6 is 0 Å². The molecule has 0 saturated carbocycles. The van der Waals surface area contributed by atoms with E-state index in [4.69, 9.17) is 0 Å². The van der Waals surface area contributed by atoms with Gasteiger partial charge in [-0.2, -0.15) is 5.10 Å². The molecule has 162 valence electrons. The van der Waals surface area contributed by atoms with Crippen LogP contribution in [0.15, 0.2) is 90.0 Å². The molecule has 0 unspecified atom stereocenters. The quantitative estimate of drug-likeness (QED) is 0.455. The molecule has 8 heteroatoms. The number of hydrogen-bond acceptors (Lipinski definition) is 4. The van der Waals surface area contributed by atoms with Gasteiger partial charge in [-0.05, 0) is 68.4 Å². The van der Waals surface area contributed by atoms with Gasteiger partial charge in [-0.25, -0.2) is 13.1 Å². The second-order valence-electron chi connectivity index (χ2n) is 7.39. The van der Waals surface area contributed by atoms with Crippen molar-refractivity contribution in [1.82, 2.24) is 9.78 Å². The van der Waals surface area contributed by atoms with Gasteiger partial charge in [0.2, 0.25) is 0 Å². The highest BCUT2D eigenvalue weighted by molar-refractivity contribution is 7.92. The number of rotatable bonds is 6. The predicted octanol–water partition coefficient (Wildman–Crippen LogP) is 4.54. The summed E-state index contributed by atoms with van der Waals surface area (Å²) in [5, 5.41) is 7.09. The largest absolute Gasteiger partial charge is 0.322 e. The summed E-state index contributed by atoms with van der Waals surface area (Å²) >= 11 is 0. The summed E-state index contributed by atoms with van der Waals surface area (Å²) in [4.78, 5) is 12.8. The fourth-order valence-corrected chi connectivity index (χ4v) is 4.30. The Hall–Kier alpha value is -3.91. The Morgan fingerprint density at radius 1 is 0.875 bits per heavy atom. The van der Waals surface area contributed by atoms with Crippen LogP contribution in [0.4, 0.5) is 11.4 Å². The van der Waals surface area contributed by atoms with Crippen molar-refractivity contribution in [2.75, 3.05) is 10.0 Å². The maximum absolute atomic E-state index is 12.8. The molecule has 0 saturated heterocycles. The van der Waals surface area contributed by atoms with E-state index in [1.807, 2.05) is 44.2 Å². The average molecular weight is 447 g/mol. The molecule has 32 heavy (non-hydrogen) atoms. The number of nitrogens with one attached hydrogen (secondary N) is 2.